The van der Waals surface area contributed by atoms with Crippen molar-refractivity contribution in [3.05, 3.63) is 53.2 Å². The predicted molar refractivity (Wildman–Crippen MR) is 110 cm³/mol. The Morgan fingerprint density at radius 3 is 2.89 bits per heavy atom. The van der Waals surface area contributed by atoms with E-state index in [1.54, 1.807) is 30.2 Å². The number of thiophene rings is 1. The Morgan fingerprint density at radius 2 is 2.07 bits per heavy atom. The minimum Gasteiger partial charge on any atom is -0.495 e. The summed E-state index contributed by atoms with van der Waals surface area (Å²) >= 11 is 4.71. The van der Waals surface area contributed by atoms with Crippen molar-refractivity contribution < 1.29 is 9.15 Å². The molecule has 0 aliphatic carbocycles. The zero-order valence-corrected chi connectivity index (χ0v) is 17.1. The lowest BCUT2D eigenvalue weighted by atomic mass is 10.3. The molecule has 1 N–H and O–H groups in total. The first-order valence-corrected chi connectivity index (χ1v) is 10.8. The van der Waals surface area contributed by atoms with E-state index < -0.39 is 0 Å². The zero-order valence-electron chi connectivity index (χ0n) is 14.6. The first-order valence-electron chi connectivity index (χ1n) is 8.09. The monoisotopic (exact) mass is 416 g/mol. The summed E-state index contributed by atoms with van der Waals surface area (Å²) in [5.74, 6) is 2.96. The van der Waals surface area contributed by atoms with Crippen LogP contribution in [0, 0.1) is 6.92 Å². The van der Waals surface area contributed by atoms with Crippen LogP contribution in [0.1, 0.15) is 11.5 Å². The molecule has 0 radical (unpaired) electrons. The van der Waals surface area contributed by atoms with Crippen LogP contribution < -0.4 is 10.1 Å². The van der Waals surface area contributed by atoms with Gasteiger partial charge in [0.05, 0.1) is 23.4 Å². The number of para-hydroxylation sites is 2. The number of aromatic nitrogens is 3. The molecule has 1 aromatic carbocycles. The Balaban J connectivity index is 1.41. The van der Waals surface area contributed by atoms with Crippen molar-refractivity contribution in [1.82, 2.24) is 15.2 Å². The molecular formula is C18H16N4O2S3. The van der Waals surface area contributed by atoms with Gasteiger partial charge < -0.3 is 14.5 Å². The minimum absolute atomic E-state index is 0.675. The number of benzene rings is 1. The van der Waals surface area contributed by atoms with Crippen LogP contribution in [0.15, 0.2) is 50.5 Å². The summed E-state index contributed by atoms with van der Waals surface area (Å²) in [6, 6.07) is 11.7. The Morgan fingerprint density at radius 1 is 1.19 bits per heavy atom. The van der Waals surface area contributed by atoms with Gasteiger partial charge in [0.2, 0.25) is 11.0 Å². The van der Waals surface area contributed by atoms with E-state index in [2.05, 4.69) is 20.5 Å². The van der Waals surface area contributed by atoms with Gasteiger partial charge >= 0.3 is 0 Å². The van der Waals surface area contributed by atoms with Crippen LogP contribution in [-0.2, 0) is 5.75 Å². The highest BCUT2D eigenvalue weighted by atomic mass is 32.2. The average molecular weight is 417 g/mol. The normalized spacial score (nSPS) is 10.9. The van der Waals surface area contributed by atoms with Gasteiger partial charge in [-0.05, 0) is 30.5 Å². The van der Waals surface area contributed by atoms with Gasteiger partial charge in [0.25, 0.3) is 0 Å². The number of nitrogens with one attached hydrogen (secondary N) is 1. The first kappa shape index (κ1) is 18.0. The first-order chi connectivity index (χ1) is 13.2. The van der Waals surface area contributed by atoms with Gasteiger partial charge in [-0.25, -0.2) is 4.98 Å². The maximum Gasteiger partial charge on any atom is 0.236 e. The molecule has 0 saturated heterocycles. The number of hydrogen-bond acceptors (Lipinski definition) is 9. The van der Waals surface area contributed by atoms with Crippen molar-refractivity contribution >= 4 is 45.3 Å². The van der Waals surface area contributed by atoms with Crippen LogP contribution in [0.3, 0.4) is 0 Å². The number of rotatable bonds is 7. The van der Waals surface area contributed by atoms with E-state index in [9.17, 15) is 0 Å². The lowest BCUT2D eigenvalue weighted by Gasteiger charge is -2.07. The quantitative estimate of drug-likeness (QED) is 0.393. The van der Waals surface area contributed by atoms with Gasteiger partial charge in [0.1, 0.15) is 11.5 Å². The van der Waals surface area contributed by atoms with Crippen molar-refractivity contribution in [2.45, 2.75) is 17.0 Å². The molecule has 0 amide bonds. The highest BCUT2D eigenvalue weighted by molar-refractivity contribution is 8.00. The molecule has 0 atom stereocenters. The fraction of sp³-hybridized carbons (Fsp3) is 0.167. The van der Waals surface area contributed by atoms with Crippen molar-refractivity contribution in [2.24, 2.45) is 0 Å². The number of anilines is 2. The number of thioether (sulfide) groups is 1. The third kappa shape index (κ3) is 4.15. The van der Waals surface area contributed by atoms with E-state index >= 15 is 0 Å². The Kier molecular flexibility index (Phi) is 5.42. The Hall–Kier alpha value is -2.36. The molecule has 4 aromatic rings. The van der Waals surface area contributed by atoms with Crippen LogP contribution in [0.2, 0.25) is 0 Å². The lowest BCUT2D eigenvalue weighted by Crippen LogP contribution is -1.93. The predicted octanol–water partition coefficient (Wildman–Crippen LogP) is 5.61. The summed E-state index contributed by atoms with van der Waals surface area (Å²) < 4.78 is 12.0. The largest absolute Gasteiger partial charge is 0.495 e. The maximum absolute atomic E-state index is 5.78. The molecule has 27 heavy (non-hydrogen) atoms. The topological polar surface area (TPSA) is 73.1 Å². The number of ether oxygens (including phenoxy) is 1. The number of methoxy groups -OCH3 is 1. The fourth-order valence-corrected chi connectivity index (χ4v) is 4.79. The van der Waals surface area contributed by atoms with Gasteiger partial charge in [0, 0.05) is 5.75 Å². The van der Waals surface area contributed by atoms with E-state index in [4.69, 9.17) is 9.15 Å². The number of aryl methyl sites for hydroxylation is 1. The van der Waals surface area contributed by atoms with Crippen LogP contribution >= 0.6 is 34.4 Å². The molecule has 4 rings (SSSR count). The Bertz CT molecular complexity index is 1030. The molecule has 0 fully saturated rings. The zero-order chi connectivity index (χ0) is 18.6. The van der Waals surface area contributed by atoms with E-state index in [-0.39, 0.29) is 0 Å². The average Bonchev–Trinajstić information content (AvgIpc) is 3.42. The summed E-state index contributed by atoms with van der Waals surface area (Å²) in [5.41, 5.74) is 1.79. The molecule has 138 valence electrons. The second-order valence-corrected chi connectivity index (χ2v) is 8.63. The van der Waals surface area contributed by atoms with Crippen LogP contribution in [-0.4, -0.2) is 22.3 Å². The van der Waals surface area contributed by atoms with Crippen molar-refractivity contribution in [3.63, 3.8) is 0 Å². The molecule has 0 aliphatic heterocycles. The van der Waals surface area contributed by atoms with Crippen molar-refractivity contribution in [3.8, 4) is 16.5 Å². The highest BCUT2D eigenvalue weighted by Gasteiger charge is 2.14. The number of oxazole rings is 1. The number of hydrogen-bond donors (Lipinski definition) is 1. The highest BCUT2D eigenvalue weighted by Crippen LogP contribution is 2.34. The Labute approximate surface area is 168 Å². The standard InChI is InChI=1S/C18H16N4O2S3/c1-11-13(19-16(24-11)15-8-5-9-25-15)10-26-18-22-21-17(27-18)20-12-6-3-4-7-14(12)23-2/h3-9H,10H2,1-2H3,(H,20,21). The van der Waals surface area contributed by atoms with E-state index in [1.165, 1.54) is 11.3 Å². The van der Waals surface area contributed by atoms with Crippen molar-refractivity contribution in [1.29, 1.82) is 0 Å². The van der Waals surface area contributed by atoms with Gasteiger partial charge in [-0.15, -0.1) is 21.5 Å². The summed E-state index contributed by atoms with van der Waals surface area (Å²) in [6.07, 6.45) is 0. The summed E-state index contributed by atoms with van der Waals surface area (Å²) in [6.45, 7) is 1.94. The molecule has 0 spiro atoms. The van der Waals surface area contributed by atoms with Gasteiger partial charge in [-0.2, -0.15) is 0 Å². The molecule has 0 saturated carbocycles. The van der Waals surface area contributed by atoms with E-state index in [1.807, 2.05) is 48.7 Å². The molecule has 0 unspecified atom stereocenters. The summed E-state index contributed by atoms with van der Waals surface area (Å²) in [5, 5.41) is 14.4. The second-order valence-electron chi connectivity index (χ2n) is 5.49. The fourth-order valence-electron chi connectivity index (χ4n) is 2.38. The van der Waals surface area contributed by atoms with Crippen LogP contribution in [0.25, 0.3) is 10.8 Å². The maximum atomic E-state index is 5.78. The molecule has 9 heteroatoms. The van der Waals surface area contributed by atoms with Crippen LogP contribution in [0.4, 0.5) is 10.8 Å². The molecule has 6 nitrogen and oxygen atoms in total. The summed E-state index contributed by atoms with van der Waals surface area (Å²) in [7, 11) is 1.65. The lowest BCUT2D eigenvalue weighted by molar-refractivity contribution is 0.417. The van der Waals surface area contributed by atoms with E-state index in [0.717, 1.165) is 37.2 Å². The van der Waals surface area contributed by atoms with Crippen molar-refractivity contribution in [2.75, 3.05) is 12.4 Å². The molecular weight excluding hydrogens is 400 g/mol. The smallest absolute Gasteiger partial charge is 0.236 e. The van der Waals surface area contributed by atoms with E-state index in [0.29, 0.717) is 11.6 Å². The minimum atomic E-state index is 0.675. The molecule has 3 heterocycles. The second kappa shape index (κ2) is 8.12. The molecule has 3 aromatic heterocycles. The van der Waals surface area contributed by atoms with Gasteiger partial charge in [0.15, 0.2) is 4.34 Å². The third-order valence-corrected chi connectivity index (χ3v) is 6.55. The number of nitrogens with zero attached hydrogens (tertiary/aromatic N) is 3. The van der Waals surface area contributed by atoms with Gasteiger partial charge in [-0.3, -0.25) is 0 Å². The SMILES string of the molecule is COc1ccccc1Nc1nnc(SCc2nc(-c3cccs3)oc2C)s1. The molecule has 0 bridgehead atoms. The third-order valence-electron chi connectivity index (χ3n) is 3.71. The summed E-state index contributed by atoms with van der Waals surface area (Å²) in [4.78, 5) is 5.65. The van der Waals surface area contributed by atoms with Gasteiger partial charge in [-0.1, -0.05) is 41.3 Å². The molecule has 0 aliphatic rings. The van der Waals surface area contributed by atoms with Crippen LogP contribution in [0.5, 0.6) is 5.75 Å².